The van der Waals surface area contributed by atoms with Crippen molar-refractivity contribution in [1.82, 2.24) is 5.32 Å². The number of aliphatic hydroxyl groups is 3. The number of primary amides is 1. The van der Waals surface area contributed by atoms with Crippen LogP contribution in [0.3, 0.4) is 0 Å². The Morgan fingerprint density at radius 2 is 1.87 bits per heavy atom. The highest BCUT2D eigenvalue weighted by atomic mass is 16.4. The summed E-state index contributed by atoms with van der Waals surface area (Å²) in [4.78, 5) is 21.5. The minimum atomic E-state index is -1.36. The number of nitrogens with one attached hydrogen (secondary N) is 1. The van der Waals surface area contributed by atoms with E-state index in [4.69, 9.17) is 15.9 Å². The zero-order valence-electron chi connectivity index (χ0n) is 8.38. The lowest BCUT2D eigenvalue weighted by atomic mass is 10.0. The molecule has 0 heterocycles. The molecule has 0 unspecified atom stereocenters. The first-order chi connectivity index (χ1) is 6.88. The van der Waals surface area contributed by atoms with Crippen molar-refractivity contribution < 1.29 is 24.9 Å². The summed E-state index contributed by atoms with van der Waals surface area (Å²) in [5, 5.41) is 29.1. The number of carbonyl (C=O) groups excluding carboxylic acids is 2. The first-order valence-corrected chi connectivity index (χ1v) is 4.41. The summed E-state index contributed by atoms with van der Waals surface area (Å²) in [7, 11) is 0. The predicted octanol–water partition coefficient (Wildman–Crippen LogP) is -2.92. The lowest BCUT2D eigenvalue weighted by Crippen LogP contribution is -2.47. The molecule has 0 aliphatic rings. The Hall–Kier alpha value is -1.18. The van der Waals surface area contributed by atoms with Crippen LogP contribution >= 0.6 is 0 Å². The summed E-state index contributed by atoms with van der Waals surface area (Å²) in [6.45, 7) is 0.567. The fourth-order valence-electron chi connectivity index (χ4n) is 1.01. The molecule has 0 spiro atoms. The molecular formula is C8H16N2O5. The van der Waals surface area contributed by atoms with Crippen molar-refractivity contribution in [3.63, 3.8) is 0 Å². The third-order valence-electron chi connectivity index (χ3n) is 1.83. The molecule has 7 nitrogen and oxygen atoms in total. The van der Waals surface area contributed by atoms with Gasteiger partial charge in [-0.25, -0.2) is 0 Å². The van der Waals surface area contributed by atoms with Gasteiger partial charge in [0.15, 0.2) is 0 Å². The molecule has 88 valence electrons. The minimum absolute atomic E-state index is 0.239. The molecule has 0 aromatic carbocycles. The number of carbonyl (C=O) groups is 2. The van der Waals surface area contributed by atoms with Crippen LogP contribution in [0.25, 0.3) is 0 Å². The van der Waals surface area contributed by atoms with Gasteiger partial charge in [0.25, 0.3) is 0 Å². The van der Waals surface area contributed by atoms with E-state index in [-0.39, 0.29) is 6.42 Å². The topological polar surface area (TPSA) is 133 Å². The van der Waals surface area contributed by atoms with Crippen molar-refractivity contribution in [3.05, 3.63) is 0 Å². The van der Waals surface area contributed by atoms with E-state index in [1.807, 2.05) is 0 Å². The van der Waals surface area contributed by atoms with Gasteiger partial charge in [-0.1, -0.05) is 0 Å². The largest absolute Gasteiger partial charge is 0.394 e. The SMILES string of the molecule is CC(=O)N[C@H](C[C@H](O)[C@H](O)CO)C(N)=O. The van der Waals surface area contributed by atoms with Crippen molar-refractivity contribution in [2.75, 3.05) is 6.61 Å². The van der Waals surface area contributed by atoms with Gasteiger partial charge in [0.2, 0.25) is 11.8 Å². The van der Waals surface area contributed by atoms with E-state index in [9.17, 15) is 14.7 Å². The summed E-state index contributed by atoms with van der Waals surface area (Å²) in [5.74, 6) is -1.28. The molecule has 0 fully saturated rings. The number of amides is 2. The normalized spacial score (nSPS) is 16.5. The summed E-state index contributed by atoms with van der Waals surface area (Å²) in [6, 6.07) is -1.06. The second-order valence-electron chi connectivity index (χ2n) is 3.21. The van der Waals surface area contributed by atoms with Crippen LogP contribution in [0.1, 0.15) is 13.3 Å². The molecule has 0 radical (unpaired) electrons. The molecule has 0 saturated heterocycles. The van der Waals surface area contributed by atoms with Crippen LogP contribution in [0.15, 0.2) is 0 Å². The molecule has 0 aromatic heterocycles. The summed E-state index contributed by atoms with van der Waals surface area (Å²) in [5.41, 5.74) is 4.97. The van der Waals surface area contributed by atoms with Gasteiger partial charge in [0.1, 0.15) is 12.1 Å². The first kappa shape index (κ1) is 13.8. The van der Waals surface area contributed by atoms with E-state index in [0.29, 0.717) is 0 Å². The van der Waals surface area contributed by atoms with E-state index in [1.54, 1.807) is 0 Å². The molecular weight excluding hydrogens is 204 g/mol. The Morgan fingerprint density at radius 1 is 1.33 bits per heavy atom. The molecule has 0 rings (SSSR count). The Labute approximate surface area is 86.9 Å². The van der Waals surface area contributed by atoms with Gasteiger partial charge >= 0.3 is 0 Å². The standard InChI is InChI=1S/C8H16N2O5/c1-4(12)10-5(8(9)15)2-6(13)7(14)3-11/h5-7,11,13-14H,2-3H2,1H3,(H2,9,15)(H,10,12)/t5-,6+,7-/m1/s1. The zero-order chi connectivity index (χ0) is 12.0. The average molecular weight is 220 g/mol. The van der Waals surface area contributed by atoms with E-state index < -0.39 is 36.7 Å². The Morgan fingerprint density at radius 3 is 2.20 bits per heavy atom. The molecule has 0 aliphatic heterocycles. The molecule has 0 saturated carbocycles. The molecule has 15 heavy (non-hydrogen) atoms. The second-order valence-corrected chi connectivity index (χ2v) is 3.21. The zero-order valence-corrected chi connectivity index (χ0v) is 8.38. The predicted molar refractivity (Wildman–Crippen MR) is 50.5 cm³/mol. The van der Waals surface area contributed by atoms with Gasteiger partial charge in [-0.05, 0) is 0 Å². The summed E-state index contributed by atoms with van der Waals surface area (Å²) in [6.07, 6.45) is -2.92. The van der Waals surface area contributed by atoms with Crippen LogP contribution in [-0.2, 0) is 9.59 Å². The van der Waals surface area contributed by atoms with Gasteiger partial charge in [-0.3, -0.25) is 9.59 Å². The maximum atomic E-state index is 10.8. The molecule has 0 bridgehead atoms. The highest BCUT2D eigenvalue weighted by Crippen LogP contribution is 2.03. The number of aliphatic hydroxyl groups excluding tert-OH is 3. The van der Waals surface area contributed by atoms with E-state index in [1.165, 1.54) is 6.92 Å². The van der Waals surface area contributed by atoms with Crippen LogP contribution in [0.5, 0.6) is 0 Å². The van der Waals surface area contributed by atoms with Gasteiger partial charge < -0.3 is 26.4 Å². The lowest BCUT2D eigenvalue weighted by molar-refractivity contribution is -0.127. The van der Waals surface area contributed by atoms with Gasteiger partial charge in [0, 0.05) is 13.3 Å². The minimum Gasteiger partial charge on any atom is -0.394 e. The number of rotatable bonds is 6. The molecule has 0 aliphatic carbocycles. The molecule has 3 atom stereocenters. The summed E-state index contributed by atoms with van der Waals surface area (Å²) < 4.78 is 0. The number of hydrogen-bond acceptors (Lipinski definition) is 5. The van der Waals surface area contributed by atoms with Crippen molar-refractivity contribution in [1.29, 1.82) is 0 Å². The maximum absolute atomic E-state index is 10.8. The average Bonchev–Trinajstić information content (AvgIpc) is 2.14. The fourth-order valence-corrected chi connectivity index (χ4v) is 1.01. The van der Waals surface area contributed by atoms with Crippen LogP contribution in [0.4, 0.5) is 0 Å². The van der Waals surface area contributed by atoms with Crippen LogP contribution in [0, 0.1) is 0 Å². The maximum Gasteiger partial charge on any atom is 0.240 e. The van der Waals surface area contributed by atoms with Gasteiger partial charge in [-0.15, -0.1) is 0 Å². The monoisotopic (exact) mass is 220 g/mol. The Balaban J connectivity index is 4.28. The Bertz CT molecular complexity index is 233. The van der Waals surface area contributed by atoms with Crippen molar-refractivity contribution >= 4 is 11.8 Å². The molecule has 7 heteroatoms. The van der Waals surface area contributed by atoms with Crippen molar-refractivity contribution in [2.45, 2.75) is 31.6 Å². The van der Waals surface area contributed by atoms with Crippen LogP contribution < -0.4 is 11.1 Å². The van der Waals surface area contributed by atoms with Crippen LogP contribution in [-0.4, -0.2) is 52.0 Å². The third kappa shape index (κ3) is 5.31. The highest BCUT2D eigenvalue weighted by Gasteiger charge is 2.24. The second kappa shape index (κ2) is 6.33. The van der Waals surface area contributed by atoms with Gasteiger partial charge in [-0.2, -0.15) is 0 Å². The Kier molecular flexibility index (Phi) is 5.83. The number of hydrogen-bond donors (Lipinski definition) is 5. The lowest BCUT2D eigenvalue weighted by Gasteiger charge is -2.20. The van der Waals surface area contributed by atoms with Crippen LogP contribution in [0.2, 0.25) is 0 Å². The highest BCUT2D eigenvalue weighted by molar-refractivity contribution is 5.85. The fraction of sp³-hybridized carbons (Fsp3) is 0.750. The van der Waals surface area contributed by atoms with Crippen molar-refractivity contribution in [3.8, 4) is 0 Å². The smallest absolute Gasteiger partial charge is 0.240 e. The molecule has 2 amide bonds. The first-order valence-electron chi connectivity index (χ1n) is 4.41. The van der Waals surface area contributed by atoms with Crippen molar-refractivity contribution in [2.24, 2.45) is 5.73 Å². The number of nitrogens with two attached hydrogens (primary N) is 1. The third-order valence-corrected chi connectivity index (χ3v) is 1.83. The van der Waals surface area contributed by atoms with E-state index in [2.05, 4.69) is 5.32 Å². The van der Waals surface area contributed by atoms with Gasteiger partial charge in [0.05, 0.1) is 12.7 Å². The quantitative estimate of drug-likeness (QED) is 0.327. The summed E-state index contributed by atoms with van der Waals surface area (Å²) >= 11 is 0. The van der Waals surface area contributed by atoms with E-state index in [0.717, 1.165) is 0 Å². The van der Waals surface area contributed by atoms with E-state index >= 15 is 0 Å². The molecule has 6 N–H and O–H groups in total. The molecule has 0 aromatic rings.